The van der Waals surface area contributed by atoms with Gasteiger partial charge in [0.25, 0.3) is 0 Å². The predicted molar refractivity (Wildman–Crippen MR) is 93.6 cm³/mol. The Morgan fingerprint density at radius 3 is 2.39 bits per heavy atom. The number of piperidine rings is 1. The summed E-state index contributed by atoms with van der Waals surface area (Å²) in [5, 5.41) is 0.747. The second-order valence-corrected chi connectivity index (χ2v) is 9.11. The minimum atomic E-state index is -3.58. The summed E-state index contributed by atoms with van der Waals surface area (Å²) < 4.78 is 24.7. The van der Waals surface area contributed by atoms with E-state index in [4.69, 9.17) is 23.2 Å². The number of hydrogen-bond donors (Lipinski definition) is 0. The summed E-state index contributed by atoms with van der Waals surface area (Å²) in [6.45, 7) is 3.94. The highest BCUT2D eigenvalue weighted by molar-refractivity contribution is 7.91. The summed E-state index contributed by atoms with van der Waals surface area (Å²) in [6, 6.07) is 4.85. The van der Waals surface area contributed by atoms with E-state index in [1.54, 1.807) is 17.0 Å². The topological polar surface area (TPSA) is 54.5 Å². The number of hydrogen-bond acceptors (Lipinski definition) is 3. The molecule has 1 saturated heterocycles. The van der Waals surface area contributed by atoms with Crippen molar-refractivity contribution in [3.63, 3.8) is 0 Å². The van der Waals surface area contributed by atoms with E-state index in [0.29, 0.717) is 15.6 Å². The van der Waals surface area contributed by atoms with Crippen LogP contribution in [0.4, 0.5) is 0 Å². The van der Waals surface area contributed by atoms with E-state index in [9.17, 15) is 13.2 Å². The predicted octanol–water partition coefficient (Wildman–Crippen LogP) is 3.70. The SMILES string of the molecule is C[C@@H]1CCC[C@H](C)N1C(=O)CS(=O)(=O)Cc1ccc(Cl)cc1Cl. The molecular weight excluding hydrogens is 357 g/mol. The maximum Gasteiger partial charge on any atom is 0.238 e. The third kappa shape index (κ3) is 4.85. The number of sulfone groups is 1. The molecule has 1 heterocycles. The molecule has 2 rings (SSSR count). The molecule has 0 spiro atoms. The first-order chi connectivity index (χ1) is 10.7. The van der Waals surface area contributed by atoms with E-state index in [0.717, 1.165) is 19.3 Å². The van der Waals surface area contributed by atoms with Crippen molar-refractivity contribution < 1.29 is 13.2 Å². The number of carbonyl (C=O) groups excluding carboxylic acids is 1. The number of nitrogens with zero attached hydrogens (tertiary/aromatic N) is 1. The van der Waals surface area contributed by atoms with Crippen LogP contribution < -0.4 is 0 Å². The number of amides is 1. The Kier molecular flexibility index (Phi) is 5.98. The first-order valence-corrected chi connectivity index (χ1v) is 10.2. The summed E-state index contributed by atoms with van der Waals surface area (Å²) >= 11 is 11.8. The molecule has 0 aliphatic carbocycles. The second-order valence-electron chi connectivity index (χ2n) is 6.20. The van der Waals surface area contributed by atoms with Gasteiger partial charge in [0.1, 0.15) is 5.75 Å². The highest BCUT2D eigenvalue weighted by atomic mass is 35.5. The number of likely N-dealkylation sites (tertiary alicyclic amines) is 1. The molecule has 1 aromatic carbocycles. The normalized spacial score (nSPS) is 22.2. The number of carbonyl (C=O) groups is 1. The molecule has 0 N–H and O–H groups in total. The Balaban J connectivity index is 2.09. The Hall–Kier alpha value is -0.780. The van der Waals surface area contributed by atoms with Crippen LogP contribution in [0.2, 0.25) is 10.0 Å². The molecule has 0 radical (unpaired) electrons. The summed E-state index contributed by atoms with van der Waals surface area (Å²) in [7, 11) is -3.58. The van der Waals surface area contributed by atoms with E-state index in [1.807, 2.05) is 13.8 Å². The van der Waals surface area contributed by atoms with E-state index < -0.39 is 15.6 Å². The highest BCUT2D eigenvalue weighted by Gasteiger charge is 2.31. The van der Waals surface area contributed by atoms with Gasteiger partial charge < -0.3 is 4.90 Å². The zero-order valence-corrected chi connectivity index (χ0v) is 15.6. The fourth-order valence-corrected chi connectivity index (χ4v) is 5.01. The number of rotatable bonds is 4. The van der Waals surface area contributed by atoms with Crippen molar-refractivity contribution in [1.29, 1.82) is 0 Å². The van der Waals surface area contributed by atoms with Crippen molar-refractivity contribution in [3.05, 3.63) is 33.8 Å². The first kappa shape index (κ1) is 18.6. The van der Waals surface area contributed by atoms with Gasteiger partial charge in [-0.05, 0) is 50.8 Å². The Labute approximate surface area is 147 Å². The summed E-state index contributed by atoms with van der Waals surface area (Å²) in [5.41, 5.74) is 0.462. The van der Waals surface area contributed by atoms with Gasteiger partial charge in [-0.3, -0.25) is 4.79 Å². The maximum absolute atomic E-state index is 12.5. The Morgan fingerprint density at radius 1 is 1.22 bits per heavy atom. The van der Waals surface area contributed by atoms with Crippen molar-refractivity contribution in [2.24, 2.45) is 0 Å². The number of benzene rings is 1. The molecule has 23 heavy (non-hydrogen) atoms. The van der Waals surface area contributed by atoms with Gasteiger partial charge in [-0.1, -0.05) is 29.3 Å². The van der Waals surface area contributed by atoms with Crippen LogP contribution in [0.1, 0.15) is 38.7 Å². The van der Waals surface area contributed by atoms with Gasteiger partial charge in [0.2, 0.25) is 5.91 Å². The van der Waals surface area contributed by atoms with E-state index in [-0.39, 0.29) is 23.7 Å². The molecule has 0 bridgehead atoms. The molecule has 0 aromatic heterocycles. The Morgan fingerprint density at radius 2 is 1.83 bits per heavy atom. The minimum absolute atomic E-state index is 0.0839. The van der Waals surface area contributed by atoms with Gasteiger partial charge in [-0.2, -0.15) is 0 Å². The van der Waals surface area contributed by atoms with Crippen molar-refractivity contribution in [1.82, 2.24) is 4.90 Å². The van der Waals surface area contributed by atoms with Crippen molar-refractivity contribution >= 4 is 38.9 Å². The van der Waals surface area contributed by atoms with Crippen molar-refractivity contribution in [3.8, 4) is 0 Å². The fourth-order valence-electron chi connectivity index (χ4n) is 3.10. The molecule has 0 saturated carbocycles. The van der Waals surface area contributed by atoms with Crippen molar-refractivity contribution in [2.75, 3.05) is 5.75 Å². The van der Waals surface area contributed by atoms with Crippen LogP contribution in [0.25, 0.3) is 0 Å². The van der Waals surface area contributed by atoms with Crippen molar-refractivity contribution in [2.45, 2.75) is 50.9 Å². The largest absolute Gasteiger partial charge is 0.336 e. The standard InChI is InChI=1S/C16H21Cl2NO3S/c1-11-4-3-5-12(2)19(11)16(20)10-23(21,22)9-13-6-7-14(17)8-15(13)18/h6-8,11-12H,3-5,9-10H2,1-2H3/t11-,12+. The third-order valence-corrected chi connectivity index (χ3v) is 6.24. The van der Waals surface area contributed by atoms with Gasteiger partial charge in [0, 0.05) is 22.1 Å². The monoisotopic (exact) mass is 377 g/mol. The molecule has 1 aliphatic rings. The van der Waals surface area contributed by atoms with E-state index in [2.05, 4.69) is 0 Å². The van der Waals surface area contributed by atoms with Gasteiger partial charge in [0.05, 0.1) is 5.75 Å². The zero-order chi connectivity index (χ0) is 17.2. The third-order valence-electron chi connectivity index (χ3n) is 4.22. The van der Waals surface area contributed by atoms with Crippen LogP contribution in [0.5, 0.6) is 0 Å². The maximum atomic E-state index is 12.5. The van der Waals surface area contributed by atoms with Crippen LogP contribution in [0, 0.1) is 0 Å². The summed E-state index contributed by atoms with van der Waals surface area (Å²) in [6.07, 6.45) is 2.90. The van der Waals surface area contributed by atoms with Crippen LogP contribution in [0.15, 0.2) is 18.2 Å². The molecule has 0 unspecified atom stereocenters. The Bertz CT molecular complexity index is 681. The molecular formula is C16H21Cl2NO3S. The van der Waals surface area contributed by atoms with Crippen LogP contribution in [0.3, 0.4) is 0 Å². The molecule has 128 valence electrons. The fraction of sp³-hybridized carbons (Fsp3) is 0.562. The lowest BCUT2D eigenvalue weighted by Gasteiger charge is -2.39. The van der Waals surface area contributed by atoms with Gasteiger partial charge in [0.15, 0.2) is 9.84 Å². The molecule has 1 fully saturated rings. The summed E-state index contributed by atoms with van der Waals surface area (Å²) in [5.74, 6) is -1.07. The van der Waals surface area contributed by atoms with Gasteiger partial charge in [-0.25, -0.2) is 8.42 Å². The van der Waals surface area contributed by atoms with Gasteiger partial charge in [-0.15, -0.1) is 0 Å². The average Bonchev–Trinajstić information content (AvgIpc) is 2.41. The summed E-state index contributed by atoms with van der Waals surface area (Å²) in [4.78, 5) is 14.2. The average molecular weight is 378 g/mol. The molecule has 1 amide bonds. The minimum Gasteiger partial charge on any atom is -0.336 e. The van der Waals surface area contributed by atoms with Gasteiger partial charge >= 0.3 is 0 Å². The highest BCUT2D eigenvalue weighted by Crippen LogP contribution is 2.25. The van der Waals surface area contributed by atoms with E-state index >= 15 is 0 Å². The molecule has 1 aromatic rings. The number of halogens is 2. The molecule has 1 aliphatic heterocycles. The van der Waals surface area contributed by atoms with Crippen LogP contribution in [-0.4, -0.2) is 37.1 Å². The lowest BCUT2D eigenvalue weighted by Crippen LogP contribution is -2.49. The van der Waals surface area contributed by atoms with Crippen LogP contribution in [-0.2, 0) is 20.4 Å². The van der Waals surface area contributed by atoms with Crippen LogP contribution >= 0.6 is 23.2 Å². The second kappa shape index (κ2) is 7.41. The molecule has 4 nitrogen and oxygen atoms in total. The molecule has 2 atom stereocenters. The molecule has 7 heteroatoms. The van der Waals surface area contributed by atoms with E-state index in [1.165, 1.54) is 6.07 Å². The quantitative estimate of drug-likeness (QED) is 0.803. The smallest absolute Gasteiger partial charge is 0.238 e. The zero-order valence-electron chi connectivity index (χ0n) is 13.3. The first-order valence-electron chi connectivity index (χ1n) is 7.65. The lowest BCUT2D eigenvalue weighted by atomic mass is 9.98. The lowest BCUT2D eigenvalue weighted by molar-refractivity contribution is -0.134.